The van der Waals surface area contributed by atoms with Gasteiger partial charge in [0.25, 0.3) is 0 Å². The molecule has 1 fully saturated rings. The van der Waals surface area contributed by atoms with Crippen molar-refractivity contribution in [3.63, 3.8) is 0 Å². The van der Waals surface area contributed by atoms with Crippen molar-refractivity contribution < 1.29 is 4.74 Å². The Kier molecular flexibility index (Phi) is 2.31. The molecule has 2 N–H and O–H groups in total. The van der Waals surface area contributed by atoms with Crippen molar-refractivity contribution in [2.24, 2.45) is 0 Å². The number of rotatable bonds is 3. The van der Waals surface area contributed by atoms with Crippen LogP contribution in [0.15, 0.2) is 17.2 Å². The van der Waals surface area contributed by atoms with Gasteiger partial charge in [-0.3, -0.25) is 0 Å². The highest BCUT2D eigenvalue weighted by molar-refractivity contribution is 7.98. The maximum atomic E-state index is 5.69. The van der Waals surface area contributed by atoms with Gasteiger partial charge in [0.1, 0.15) is 11.6 Å². The average Bonchev–Trinajstić information content (AvgIpc) is 2.89. The molecule has 13 heavy (non-hydrogen) atoms. The molecule has 0 amide bonds. The first-order valence-corrected chi connectivity index (χ1v) is 5.48. The van der Waals surface area contributed by atoms with Gasteiger partial charge in [-0.25, -0.2) is 4.98 Å². The molecule has 0 saturated heterocycles. The second kappa shape index (κ2) is 3.46. The van der Waals surface area contributed by atoms with Crippen molar-refractivity contribution >= 4 is 17.6 Å². The minimum Gasteiger partial charge on any atom is -0.489 e. The third kappa shape index (κ3) is 2.06. The molecule has 1 heterocycles. The highest BCUT2D eigenvalue weighted by Gasteiger charge is 2.24. The van der Waals surface area contributed by atoms with Crippen LogP contribution in [0.4, 0.5) is 5.82 Å². The van der Waals surface area contributed by atoms with Gasteiger partial charge in [0.15, 0.2) is 0 Å². The molecule has 0 unspecified atom stereocenters. The first kappa shape index (κ1) is 8.69. The summed E-state index contributed by atoms with van der Waals surface area (Å²) >= 11 is 1.63. The van der Waals surface area contributed by atoms with Crippen molar-refractivity contribution in [2.75, 3.05) is 12.0 Å². The van der Waals surface area contributed by atoms with Crippen LogP contribution in [0.1, 0.15) is 12.8 Å². The lowest BCUT2D eigenvalue weighted by Crippen LogP contribution is -1.99. The molecule has 0 aromatic carbocycles. The fourth-order valence-electron chi connectivity index (χ4n) is 1.05. The SMILES string of the molecule is CSc1cnc(N)cc1OC1CC1. The van der Waals surface area contributed by atoms with Crippen LogP contribution in [0.2, 0.25) is 0 Å². The topological polar surface area (TPSA) is 48.1 Å². The number of nitrogens with two attached hydrogens (primary N) is 1. The van der Waals surface area contributed by atoms with E-state index in [4.69, 9.17) is 10.5 Å². The highest BCUT2D eigenvalue weighted by atomic mass is 32.2. The predicted molar refractivity (Wildman–Crippen MR) is 54.1 cm³/mol. The van der Waals surface area contributed by atoms with E-state index in [0.717, 1.165) is 23.5 Å². The molecule has 1 aliphatic carbocycles. The molecule has 1 saturated carbocycles. The van der Waals surface area contributed by atoms with E-state index in [1.165, 1.54) is 0 Å². The Hall–Kier alpha value is -0.900. The van der Waals surface area contributed by atoms with E-state index in [2.05, 4.69) is 4.98 Å². The Morgan fingerprint density at radius 2 is 2.38 bits per heavy atom. The first-order valence-electron chi connectivity index (χ1n) is 4.26. The summed E-state index contributed by atoms with van der Waals surface area (Å²) in [7, 11) is 0. The zero-order chi connectivity index (χ0) is 9.26. The lowest BCUT2D eigenvalue weighted by atomic mass is 10.4. The number of nitrogen functional groups attached to an aromatic ring is 1. The molecule has 4 heteroatoms. The van der Waals surface area contributed by atoms with Crippen LogP contribution in [0.3, 0.4) is 0 Å². The summed E-state index contributed by atoms with van der Waals surface area (Å²) in [5.74, 6) is 1.40. The minimum absolute atomic E-state index is 0.410. The van der Waals surface area contributed by atoms with Crippen molar-refractivity contribution in [3.8, 4) is 5.75 Å². The summed E-state index contributed by atoms with van der Waals surface area (Å²) in [5.41, 5.74) is 5.58. The maximum Gasteiger partial charge on any atom is 0.138 e. The Morgan fingerprint density at radius 1 is 1.62 bits per heavy atom. The van der Waals surface area contributed by atoms with Crippen molar-refractivity contribution in [3.05, 3.63) is 12.3 Å². The molecule has 0 radical (unpaired) electrons. The van der Waals surface area contributed by atoms with E-state index in [9.17, 15) is 0 Å². The standard InChI is InChI=1S/C9H12N2OS/c1-13-8-5-11-9(10)4-7(8)12-6-2-3-6/h4-6H,2-3H2,1H3,(H2,10,11). The van der Waals surface area contributed by atoms with Gasteiger partial charge in [-0.1, -0.05) is 0 Å². The number of anilines is 1. The van der Waals surface area contributed by atoms with Crippen LogP contribution in [-0.2, 0) is 0 Å². The van der Waals surface area contributed by atoms with Gasteiger partial charge in [0.05, 0.1) is 11.0 Å². The zero-order valence-electron chi connectivity index (χ0n) is 7.49. The van der Waals surface area contributed by atoms with Gasteiger partial charge in [0.2, 0.25) is 0 Å². The van der Waals surface area contributed by atoms with Gasteiger partial charge < -0.3 is 10.5 Å². The average molecular weight is 196 g/mol. The van der Waals surface area contributed by atoms with Crippen molar-refractivity contribution in [1.82, 2.24) is 4.98 Å². The van der Waals surface area contributed by atoms with Crippen molar-refractivity contribution in [1.29, 1.82) is 0 Å². The number of hydrogen-bond donors (Lipinski definition) is 1. The van der Waals surface area contributed by atoms with E-state index in [-0.39, 0.29) is 0 Å². The summed E-state index contributed by atoms with van der Waals surface area (Å²) in [5, 5.41) is 0. The minimum atomic E-state index is 0.410. The Morgan fingerprint density at radius 3 is 3.00 bits per heavy atom. The third-order valence-electron chi connectivity index (χ3n) is 1.89. The largest absolute Gasteiger partial charge is 0.489 e. The summed E-state index contributed by atoms with van der Waals surface area (Å²) in [6, 6.07) is 1.80. The van der Waals surface area contributed by atoms with Crippen LogP contribution in [0, 0.1) is 0 Å². The lowest BCUT2D eigenvalue weighted by molar-refractivity contribution is 0.296. The summed E-state index contributed by atoms with van der Waals surface area (Å²) in [6.45, 7) is 0. The summed E-state index contributed by atoms with van der Waals surface area (Å²) in [4.78, 5) is 5.07. The number of pyridine rings is 1. The van der Waals surface area contributed by atoms with Crippen LogP contribution in [0.25, 0.3) is 0 Å². The smallest absolute Gasteiger partial charge is 0.138 e. The Labute approximate surface area is 81.7 Å². The monoisotopic (exact) mass is 196 g/mol. The van der Waals surface area contributed by atoms with E-state index >= 15 is 0 Å². The summed E-state index contributed by atoms with van der Waals surface area (Å²) in [6.07, 6.45) is 6.50. The van der Waals surface area contributed by atoms with E-state index in [0.29, 0.717) is 11.9 Å². The van der Waals surface area contributed by atoms with Crippen LogP contribution in [0.5, 0.6) is 5.75 Å². The van der Waals surface area contributed by atoms with Crippen molar-refractivity contribution in [2.45, 2.75) is 23.8 Å². The summed E-state index contributed by atoms with van der Waals surface area (Å²) < 4.78 is 5.69. The van der Waals surface area contributed by atoms with Gasteiger partial charge >= 0.3 is 0 Å². The van der Waals surface area contributed by atoms with E-state index in [1.54, 1.807) is 24.0 Å². The molecule has 1 aromatic rings. The first-order chi connectivity index (χ1) is 6.29. The zero-order valence-corrected chi connectivity index (χ0v) is 8.30. The molecule has 70 valence electrons. The maximum absolute atomic E-state index is 5.69. The third-order valence-corrected chi connectivity index (χ3v) is 2.64. The molecular formula is C9H12N2OS. The molecule has 0 bridgehead atoms. The van der Waals surface area contributed by atoms with Gasteiger partial charge in [-0.15, -0.1) is 11.8 Å². The molecule has 1 aliphatic rings. The van der Waals surface area contributed by atoms with E-state index < -0.39 is 0 Å². The molecule has 2 rings (SSSR count). The fraction of sp³-hybridized carbons (Fsp3) is 0.444. The Balaban J connectivity index is 2.22. The molecule has 0 spiro atoms. The van der Waals surface area contributed by atoms with Crippen LogP contribution < -0.4 is 10.5 Å². The molecule has 0 atom stereocenters. The number of hydrogen-bond acceptors (Lipinski definition) is 4. The fourth-order valence-corrected chi connectivity index (χ4v) is 1.52. The van der Waals surface area contributed by atoms with Crippen LogP contribution >= 0.6 is 11.8 Å². The molecule has 3 nitrogen and oxygen atoms in total. The van der Waals surface area contributed by atoms with Crippen LogP contribution in [-0.4, -0.2) is 17.3 Å². The van der Waals surface area contributed by atoms with Gasteiger partial charge in [0, 0.05) is 12.3 Å². The second-order valence-electron chi connectivity index (χ2n) is 3.08. The number of ether oxygens (including phenoxy) is 1. The second-order valence-corrected chi connectivity index (χ2v) is 3.93. The number of aromatic nitrogens is 1. The predicted octanol–water partition coefficient (Wildman–Crippen LogP) is 1.93. The van der Waals surface area contributed by atoms with E-state index in [1.807, 2.05) is 6.26 Å². The number of nitrogens with zero attached hydrogens (tertiary/aromatic N) is 1. The molecule has 0 aliphatic heterocycles. The molecule has 1 aromatic heterocycles. The lowest BCUT2D eigenvalue weighted by Gasteiger charge is -2.08. The van der Waals surface area contributed by atoms with Gasteiger partial charge in [-0.05, 0) is 19.1 Å². The van der Waals surface area contributed by atoms with Gasteiger partial charge in [-0.2, -0.15) is 0 Å². The Bertz CT molecular complexity index is 312. The molecular weight excluding hydrogens is 184 g/mol. The normalized spacial score (nSPS) is 15.8. The highest BCUT2D eigenvalue weighted by Crippen LogP contribution is 2.33. The number of thioether (sulfide) groups is 1. The quantitative estimate of drug-likeness (QED) is 0.750.